The van der Waals surface area contributed by atoms with Crippen molar-refractivity contribution in [2.75, 3.05) is 4.72 Å². The van der Waals surface area contributed by atoms with Crippen LogP contribution in [-0.4, -0.2) is 13.4 Å². The van der Waals surface area contributed by atoms with Crippen LogP contribution in [-0.2, 0) is 10.0 Å². The number of fused-ring (bicyclic) bond motifs is 1. The number of aromatic nitrogens is 1. The van der Waals surface area contributed by atoms with Gasteiger partial charge in [-0.15, -0.1) is 11.3 Å². The van der Waals surface area contributed by atoms with Crippen molar-refractivity contribution >= 4 is 60.5 Å². The van der Waals surface area contributed by atoms with Crippen LogP contribution in [0.3, 0.4) is 0 Å². The smallest absolute Gasteiger partial charge is 0.263 e. The zero-order valence-corrected chi connectivity index (χ0v) is 17.1. The van der Waals surface area contributed by atoms with Crippen molar-refractivity contribution in [3.8, 4) is 10.6 Å². The molecule has 0 amide bonds. The molecule has 4 nitrogen and oxygen atoms in total. The molecule has 0 aliphatic carbocycles. The molecule has 0 atom stereocenters. The van der Waals surface area contributed by atoms with Gasteiger partial charge in [-0.2, -0.15) is 0 Å². The van der Waals surface area contributed by atoms with E-state index in [9.17, 15) is 12.8 Å². The molecule has 0 radical (unpaired) electrons. The summed E-state index contributed by atoms with van der Waals surface area (Å²) < 4.78 is 41.7. The van der Waals surface area contributed by atoms with Crippen LogP contribution in [0.4, 0.5) is 10.1 Å². The first-order chi connectivity index (χ1) is 13.3. The van der Waals surface area contributed by atoms with Crippen LogP contribution in [0.15, 0.2) is 65.6 Å². The maximum Gasteiger partial charge on any atom is 0.263 e. The summed E-state index contributed by atoms with van der Waals surface area (Å²) in [5.41, 5.74) is 1.83. The third-order valence-electron chi connectivity index (χ3n) is 3.93. The highest BCUT2D eigenvalue weighted by Gasteiger charge is 2.19. The number of para-hydroxylation sites is 1. The fourth-order valence-electron chi connectivity index (χ4n) is 2.64. The van der Waals surface area contributed by atoms with E-state index in [2.05, 4.69) is 9.71 Å². The zero-order chi connectivity index (χ0) is 19.9. The normalized spacial score (nSPS) is 11.7. The van der Waals surface area contributed by atoms with Crippen LogP contribution in [0.25, 0.3) is 20.8 Å². The van der Waals surface area contributed by atoms with Gasteiger partial charge < -0.3 is 0 Å². The molecule has 142 valence electrons. The first-order valence-electron chi connectivity index (χ1n) is 7.97. The largest absolute Gasteiger partial charge is 0.280 e. The summed E-state index contributed by atoms with van der Waals surface area (Å²) in [5.74, 6) is -0.618. The highest BCUT2D eigenvalue weighted by molar-refractivity contribution is 7.92. The van der Waals surface area contributed by atoms with Gasteiger partial charge in [-0.3, -0.25) is 4.72 Å². The highest BCUT2D eigenvalue weighted by atomic mass is 35.5. The topological polar surface area (TPSA) is 59.1 Å². The number of thiazole rings is 1. The summed E-state index contributed by atoms with van der Waals surface area (Å²) in [6.07, 6.45) is 0. The van der Waals surface area contributed by atoms with Crippen LogP contribution in [0.5, 0.6) is 0 Å². The van der Waals surface area contributed by atoms with Crippen molar-refractivity contribution in [1.82, 2.24) is 4.98 Å². The summed E-state index contributed by atoms with van der Waals surface area (Å²) in [6.45, 7) is 0. The maximum atomic E-state index is 13.2. The van der Waals surface area contributed by atoms with Crippen LogP contribution < -0.4 is 4.72 Å². The fraction of sp³-hybridized carbons (Fsp3) is 0. The predicted octanol–water partition coefficient (Wildman–Crippen LogP) is 6.21. The van der Waals surface area contributed by atoms with Crippen molar-refractivity contribution in [3.63, 3.8) is 0 Å². The molecule has 4 rings (SSSR count). The molecule has 0 fully saturated rings. The van der Waals surface area contributed by atoms with Crippen LogP contribution >= 0.6 is 34.5 Å². The van der Waals surface area contributed by atoms with E-state index in [4.69, 9.17) is 23.2 Å². The Bertz CT molecular complexity index is 1270. The van der Waals surface area contributed by atoms with E-state index in [0.717, 1.165) is 33.4 Å². The minimum Gasteiger partial charge on any atom is -0.280 e. The lowest BCUT2D eigenvalue weighted by molar-refractivity contribution is 0.600. The minimum absolute atomic E-state index is 0.204. The molecule has 4 aromatic rings. The molecule has 1 aromatic heterocycles. The lowest BCUT2D eigenvalue weighted by atomic mass is 10.2. The summed E-state index contributed by atoms with van der Waals surface area (Å²) in [4.78, 5) is 4.34. The second-order valence-corrected chi connectivity index (χ2v) is 9.36. The first-order valence-corrected chi connectivity index (χ1v) is 11.0. The molecule has 0 saturated heterocycles. The number of hydrogen-bond donors (Lipinski definition) is 1. The van der Waals surface area contributed by atoms with Gasteiger partial charge in [0.15, 0.2) is 0 Å². The molecule has 0 saturated carbocycles. The van der Waals surface area contributed by atoms with Gasteiger partial charge in [0.2, 0.25) is 0 Å². The Morgan fingerprint density at radius 3 is 2.46 bits per heavy atom. The number of rotatable bonds is 4. The number of nitrogens with zero attached hydrogens (tertiary/aromatic N) is 1. The number of benzene rings is 3. The monoisotopic (exact) mass is 452 g/mol. The van der Waals surface area contributed by atoms with Gasteiger partial charge in [0.25, 0.3) is 10.0 Å². The second kappa shape index (κ2) is 7.33. The molecule has 3 aromatic carbocycles. The standard InChI is InChI=1S/C19H11Cl2FN2O2S2/c20-14-10-12(24-28(25,26)18-8-5-11(22)9-15(18)21)6-7-13(14)19-23-16-3-1-2-4-17(16)27-19/h1-10,24H. The second-order valence-electron chi connectivity index (χ2n) is 5.86. The number of hydrogen-bond acceptors (Lipinski definition) is 4. The molecule has 0 bridgehead atoms. The quantitative estimate of drug-likeness (QED) is 0.400. The fourth-order valence-corrected chi connectivity index (χ4v) is 5.56. The van der Waals surface area contributed by atoms with Crippen molar-refractivity contribution in [3.05, 3.63) is 76.5 Å². The van der Waals surface area contributed by atoms with E-state index in [0.29, 0.717) is 10.6 Å². The Morgan fingerprint density at radius 2 is 1.75 bits per heavy atom. The molecule has 0 spiro atoms. The third-order valence-corrected chi connectivity index (χ3v) is 7.18. The number of sulfonamides is 1. The van der Waals surface area contributed by atoms with Gasteiger partial charge in [-0.05, 0) is 48.5 Å². The van der Waals surface area contributed by atoms with E-state index in [-0.39, 0.29) is 15.6 Å². The number of anilines is 1. The van der Waals surface area contributed by atoms with Crippen molar-refractivity contribution < 1.29 is 12.8 Å². The van der Waals surface area contributed by atoms with Crippen molar-refractivity contribution in [2.45, 2.75) is 4.90 Å². The van der Waals surface area contributed by atoms with Crippen molar-refractivity contribution in [2.24, 2.45) is 0 Å². The lowest BCUT2D eigenvalue weighted by Gasteiger charge is -2.11. The Kier molecular flexibility index (Phi) is 5.01. The molecule has 1 heterocycles. The molecule has 0 aliphatic rings. The molecule has 0 unspecified atom stereocenters. The zero-order valence-electron chi connectivity index (χ0n) is 14.0. The van der Waals surface area contributed by atoms with Crippen LogP contribution in [0, 0.1) is 5.82 Å². The Morgan fingerprint density at radius 1 is 0.964 bits per heavy atom. The van der Waals surface area contributed by atoms with E-state index in [1.54, 1.807) is 12.1 Å². The minimum atomic E-state index is -4.00. The molecular formula is C19H11Cl2FN2O2S2. The van der Waals surface area contributed by atoms with E-state index < -0.39 is 15.8 Å². The van der Waals surface area contributed by atoms with E-state index >= 15 is 0 Å². The molecule has 0 aliphatic heterocycles. The predicted molar refractivity (Wildman–Crippen MR) is 112 cm³/mol. The lowest BCUT2D eigenvalue weighted by Crippen LogP contribution is -2.13. The molecule has 9 heteroatoms. The number of halogens is 3. The van der Waals surface area contributed by atoms with Crippen LogP contribution in [0.1, 0.15) is 0 Å². The Labute approximate surface area is 174 Å². The first kappa shape index (κ1) is 19.1. The van der Waals surface area contributed by atoms with Gasteiger partial charge >= 0.3 is 0 Å². The van der Waals surface area contributed by atoms with Gasteiger partial charge in [0.05, 0.1) is 25.9 Å². The average Bonchev–Trinajstić information content (AvgIpc) is 3.04. The average molecular weight is 453 g/mol. The molecule has 1 N–H and O–H groups in total. The Hall–Kier alpha value is -2.19. The third kappa shape index (κ3) is 3.71. The molecular weight excluding hydrogens is 442 g/mol. The van der Waals surface area contributed by atoms with Gasteiger partial charge in [-0.25, -0.2) is 17.8 Å². The van der Waals surface area contributed by atoms with Crippen LogP contribution in [0.2, 0.25) is 10.0 Å². The maximum absolute atomic E-state index is 13.2. The van der Waals surface area contributed by atoms with Crippen molar-refractivity contribution in [1.29, 1.82) is 0 Å². The summed E-state index contributed by atoms with van der Waals surface area (Å²) in [6, 6.07) is 15.6. The number of nitrogens with one attached hydrogen (secondary N) is 1. The van der Waals surface area contributed by atoms with Gasteiger partial charge in [-0.1, -0.05) is 35.3 Å². The van der Waals surface area contributed by atoms with E-state index in [1.807, 2.05) is 24.3 Å². The Balaban J connectivity index is 1.66. The SMILES string of the molecule is O=S(=O)(Nc1ccc(-c2nc3ccccc3s2)c(Cl)c1)c1ccc(F)cc1Cl. The summed E-state index contributed by atoms with van der Waals surface area (Å²) >= 11 is 13.7. The van der Waals surface area contributed by atoms with Gasteiger partial charge in [0.1, 0.15) is 15.7 Å². The summed E-state index contributed by atoms with van der Waals surface area (Å²) in [7, 11) is -4.00. The summed E-state index contributed by atoms with van der Waals surface area (Å²) in [5, 5.41) is 0.885. The van der Waals surface area contributed by atoms with Gasteiger partial charge in [0, 0.05) is 5.56 Å². The highest BCUT2D eigenvalue weighted by Crippen LogP contribution is 2.36. The van der Waals surface area contributed by atoms with E-state index in [1.165, 1.54) is 17.4 Å². The molecule has 28 heavy (non-hydrogen) atoms.